The van der Waals surface area contributed by atoms with Crippen LogP contribution < -0.4 is 14.9 Å². The lowest BCUT2D eigenvalue weighted by molar-refractivity contribution is -0.123. The van der Waals surface area contributed by atoms with Gasteiger partial charge in [-0.3, -0.25) is 4.79 Å². The number of hydrogen-bond acceptors (Lipinski definition) is 5. The molecule has 7 heteroatoms. The van der Waals surface area contributed by atoms with E-state index in [1.165, 1.54) is 6.21 Å². The largest absolute Gasteiger partial charge is 0.483 e. The van der Waals surface area contributed by atoms with Crippen LogP contribution in [0, 0.1) is 13.8 Å². The second kappa shape index (κ2) is 10.4. The van der Waals surface area contributed by atoms with E-state index in [4.69, 9.17) is 21.1 Å². The molecule has 3 rings (SSSR count). The molecular weight excluding hydrogens is 416 g/mol. The molecule has 6 nitrogen and oxygen atoms in total. The van der Waals surface area contributed by atoms with E-state index in [0.29, 0.717) is 22.1 Å². The topological polar surface area (TPSA) is 77.0 Å². The number of carbonyl (C=O) groups excluding carboxylic acids is 2. The molecule has 0 aliphatic heterocycles. The lowest BCUT2D eigenvalue weighted by Crippen LogP contribution is -2.25. The predicted molar refractivity (Wildman–Crippen MR) is 120 cm³/mol. The Hall–Kier alpha value is -3.64. The van der Waals surface area contributed by atoms with Gasteiger partial charge in [0.05, 0.1) is 16.8 Å². The number of rotatable bonds is 7. The summed E-state index contributed by atoms with van der Waals surface area (Å²) in [7, 11) is 0. The van der Waals surface area contributed by atoms with Crippen molar-refractivity contribution in [3.05, 3.63) is 94.0 Å². The van der Waals surface area contributed by atoms with Crippen molar-refractivity contribution in [1.82, 2.24) is 5.43 Å². The molecule has 31 heavy (non-hydrogen) atoms. The Balaban J connectivity index is 1.55. The first-order chi connectivity index (χ1) is 14.9. The SMILES string of the molecule is Cc1cccc(C)c1OCC(=O)NN=Cc1cccc(OC(=O)c2ccccc2Cl)c1. The number of ether oxygens (including phenoxy) is 2. The number of carbonyl (C=O) groups is 2. The monoisotopic (exact) mass is 436 g/mol. The van der Waals surface area contributed by atoms with Crippen molar-refractivity contribution in [2.45, 2.75) is 13.8 Å². The lowest BCUT2D eigenvalue weighted by Gasteiger charge is -2.10. The number of amides is 1. The van der Waals surface area contributed by atoms with E-state index in [9.17, 15) is 9.59 Å². The van der Waals surface area contributed by atoms with E-state index in [1.807, 2.05) is 32.0 Å². The third kappa shape index (κ3) is 6.17. The van der Waals surface area contributed by atoms with Crippen LogP contribution in [0.25, 0.3) is 0 Å². The number of esters is 1. The summed E-state index contributed by atoms with van der Waals surface area (Å²) in [4.78, 5) is 24.3. The highest BCUT2D eigenvalue weighted by Crippen LogP contribution is 2.22. The molecule has 0 radical (unpaired) electrons. The number of hydrazone groups is 1. The molecule has 0 saturated heterocycles. The van der Waals surface area contributed by atoms with Gasteiger partial charge in [0, 0.05) is 0 Å². The highest BCUT2D eigenvalue weighted by Gasteiger charge is 2.12. The van der Waals surface area contributed by atoms with Crippen LogP contribution >= 0.6 is 11.6 Å². The van der Waals surface area contributed by atoms with Crippen molar-refractivity contribution in [1.29, 1.82) is 0 Å². The fourth-order valence-electron chi connectivity index (χ4n) is 2.82. The average molecular weight is 437 g/mol. The Morgan fingerprint density at radius 2 is 1.71 bits per heavy atom. The van der Waals surface area contributed by atoms with E-state index in [1.54, 1.807) is 48.5 Å². The molecule has 0 atom stereocenters. The fraction of sp³-hybridized carbons (Fsp3) is 0.125. The minimum absolute atomic E-state index is 0.154. The molecule has 0 spiro atoms. The Labute approximate surface area is 185 Å². The van der Waals surface area contributed by atoms with Crippen LogP contribution in [0.5, 0.6) is 11.5 Å². The van der Waals surface area contributed by atoms with Gasteiger partial charge in [0.2, 0.25) is 0 Å². The second-order valence-electron chi connectivity index (χ2n) is 6.74. The molecule has 0 unspecified atom stereocenters. The van der Waals surface area contributed by atoms with E-state index >= 15 is 0 Å². The zero-order chi connectivity index (χ0) is 22.2. The standard InChI is InChI=1S/C24H21ClN2O4/c1-16-7-5-8-17(2)23(16)30-15-22(28)27-26-14-18-9-6-10-19(13-18)31-24(29)20-11-3-4-12-21(20)25/h3-14H,15H2,1-2H3,(H,27,28). The molecule has 0 heterocycles. The van der Waals surface area contributed by atoms with Gasteiger partial charge in [-0.25, -0.2) is 10.2 Å². The molecule has 0 saturated carbocycles. The van der Waals surface area contributed by atoms with Crippen LogP contribution in [0.4, 0.5) is 0 Å². The van der Waals surface area contributed by atoms with Crippen molar-refractivity contribution in [2.24, 2.45) is 5.10 Å². The third-order valence-electron chi connectivity index (χ3n) is 4.32. The number of hydrogen-bond donors (Lipinski definition) is 1. The molecule has 0 aromatic heterocycles. The molecule has 0 aliphatic rings. The summed E-state index contributed by atoms with van der Waals surface area (Å²) < 4.78 is 11.0. The smallest absolute Gasteiger partial charge is 0.345 e. The first kappa shape index (κ1) is 22.1. The van der Waals surface area contributed by atoms with Gasteiger partial charge in [-0.1, -0.05) is 54.1 Å². The van der Waals surface area contributed by atoms with Crippen LogP contribution in [-0.4, -0.2) is 24.7 Å². The number of nitrogens with one attached hydrogen (secondary N) is 1. The molecule has 158 valence electrons. The number of halogens is 1. The van der Waals surface area contributed by atoms with Gasteiger partial charge in [0.25, 0.3) is 5.91 Å². The third-order valence-corrected chi connectivity index (χ3v) is 4.65. The van der Waals surface area contributed by atoms with E-state index in [0.717, 1.165) is 11.1 Å². The summed E-state index contributed by atoms with van der Waals surface area (Å²) in [5.41, 5.74) is 5.25. The van der Waals surface area contributed by atoms with Crippen molar-refractivity contribution >= 4 is 29.7 Å². The fourth-order valence-corrected chi connectivity index (χ4v) is 3.04. The van der Waals surface area contributed by atoms with Gasteiger partial charge in [-0.15, -0.1) is 0 Å². The maximum atomic E-state index is 12.3. The normalized spacial score (nSPS) is 10.7. The van der Waals surface area contributed by atoms with Crippen molar-refractivity contribution in [3.63, 3.8) is 0 Å². The number of benzene rings is 3. The highest BCUT2D eigenvalue weighted by molar-refractivity contribution is 6.33. The summed E-state index contributed by atoms with van der Waals surface area (Å²) >= 11 is 6.02. The van der Waals surface area contributed by atoms with Crippen LogP contribution in [0.1, 0.15) is 27.0 Å². The molecule has 0 fully saturated rings. The maximum absolute atomic E-state index is 12.3. The minimum atomic E-state index is -0.559. The summed E-state index contributed by atoms with van der Waals surface area (Å²) in [6.45, 7) is 3.69. The Morgan fingerprint density at radius 1 is 1.00 bits per heavy atom. The van der Waals surface area contributed by atoms with Crippen molar-refractivity contribution < 1.29 is 19.1 Å². The first-order valence-electron chi connectivity index (χ1n) is 9.52. The zero-order valence-electron chi connectivity index (χ0n) is 17.1. The van der Waals surface area contributed by atoms with Crippen LogP contribution in [0.3, 0.4) is 0 Å². The number of aryl methyl sites for hydroxylation is 2. The van der Waals surface area contributed by atoms with E-state index in [-0.39, 0.29) is 18.1 Å². The van der Waals surface area contributed by atoms with Gasteiger partial charge in [0.15, 0.2) is 6.61 Å². The first-order valence-corrected chi connectivity index (χ1v) is 9.89. The maximum Gasteiger partial charge on any atom is 0.345 e. The number of nitrogens with zero attached hydrogens (tertiary/aromatic N) is 1. The molecule has 3 aromatic rings. The lowest BCUT2D eigenvalue weighted by atomic mass is 10.1. The quantitative estimate of drug-likeness (QED) is 0.252. The van der Waals surface area contributed by atoms with Crippen LogP contribution in [0.2, 0.25) is 5.02 Å². The Kier molecular flexibility index (Phi) is 7.40. The predicted octanol–water partition coefficient (Wildman–Crippen LogP) is 4.71. The van der Waals surface area contributed by atoms with E-state index < -0.39 is 5.97 Å². The summed E-state index contributed by atoms with van der Waals surface area (Å²) in [5, 5.41) is 4.24. The van der Waals surface area contributed by atoms with Crippen molar-refractivity contribution in [2.75, 3.05) is 6.61 Å². The number of para-hydroxylation sites is 1. The average Bonchev–Trinajstić information content (AvgIpc) is 2.74. The van der Waals surface area contributed by atoms with Gasteiger partial charge >= 0.3 is 5.97 Å². The molecule has 1 amide bonds. The molecule has 3 aromatic carbocycles. The molecule has 1 N–H and O–H groups in total. The Bertz CT molecular complexity index is 1110. The second-order valence-corrected chi connectivity index (χ2v) is 7.15. The van der Waals surface area contributed by atoms with Crippen LogP contribution in [0.15, 0.2) is 71.8 Å². The highest BCUT2D eigenvalue weighted by atomic mass is 35.5. The molecule has 0 aliphatic carbocycles. The summed E-state index contributed by atoms with van der Waals surface area (Å²) in [5.74, 6) is 0.0741. The van der Waals surface area contributed by atoms with Gasteiger partial charge in [0.1, 0.15) is 11.5 Å². The Morgan fingerprint density at radius 3 is 2.45 bits per heavy atom. The van der Waals surface area contributed by atoms with E-state index in [2.05, 4.69) is 10.5 Å². The minimum Gasteiger partial charge on any atom is -0.483 e. The summed E-state index contributed by atoms with van der Waals surface area (Å²) in [6.07, 6.45) is 1.45. The summed E-state index contributed by atoms with van der Waals surface area (Å²) in [6, 6.07) is 19.2. The molecular formula is C24H21ClN2O4. The van der Waals surface area contributed by atoms with Gasteiger partial charge < -0.3 is 9.47 Å². The molecule has 0 bridgehead atoms. The zero-order valence-corrected chi connectivity index (χ0v) is 17.8. The van der Waals surface area contributed by atoms with Gasteiger partial charge in [-0.05, 0) is 54.8 Å². The van der Waals surface area contributed by atoms with Gasteiger partial charge in [-0.2, -0.15) is 5.10 Å². The van der Waals surface area contributed by atoms with Crippen molar-refractivity contribution in [3.8, 4) is 11.5 Å². The van der Waals surface area contributed by atoms with Crippen LogP contribution in [-0.2, 0) is 4.79 Å².